The Morgan fingerprint density at radius 2 is 1.72 bits per heavy atom. The molecule has 0 bridgehead atoms. The number of hydrogen-bond donors (Lipinski definition) is 1. The van der Waals surface area contributed by atoms with Crippen LogP contribution in [0.3, 0.4) is 0 Å². The maximum absolute atomic E-state index is 13.7. The first-order valence-electron chi connectivity index (χ1n) is 10.4. The highest BCUT2D eigenvalue weighted by molar-refractivity contribution is 5.72. The summed E-state index contributed by atoms with van der Waals surface area (Å²) >= 11 is 0. The number of rotatable bonds is 8. The van der Waals surface area contributed by atoms with Crippen LogP contribution in [0.2, 0.25) is 0 Å². The Morgan fingerprint density at radius 3 is 2.17 bits per heavy atom. The molecule has 1 heterocycles. The van der Waals surface area contributed by atoms with Crippen LogP contribution in [0.4, 0.5) is 13.2 Å². The van der Waals surface area contributed by atoms with Gasteiger partial charge in [-0.05, 0) is 59.1 Å². The van der Waals surface area contributed by atoms with Crippen molar-refractivity contribution in [2.75, 3.05) is 0 Å². The lowest BCUT2D eigenvalue weighted by atomic mass is 9.81. The lowest BCUT2D eigenvalue weighted by molar-refractivity contribution is -0.138. The number of aryl methyl sites for hydroxylation is 1. The van der Waals surface area contributed by atoms with Crippen LogP contribution in [0.15, 0.2) is 24.4 Å². The second kappa shape index (κ2) is 9.75. The molecule has 2 nitrogen and oxygen atoms in total. The van der Waals surface area contributed by atoms with E-state index in [2.05, 4.69) is 11.9 Å². The monoisotopic (exact) mass is 407 g/mol. The first-order valence-corrected chi connectivity index (χ1v) is 10.4. The van der Waals surface area contributed by atoms with Crippen LogP contribution in [0, 0.1) is 0 Å². The minimum absolute atomic E-state index is 0.0410. The fourth-order valence-corrected chi connectivity index (χ4v) is 3.87. The Balaban J connectivity index is 2.69. The zero-order chi connectivity index (χ0) is 21.8. The van der Waals surface area contributed by atoms with Crippen LogP contribution in [-0.2, 0) is 19.2 Å². The normalized spacial score (nSPS) is 12.2. The molecule has 0 fully saturated rings. The largest absolute Gasteiger partial charge is 0.416 e. The summed E-state index contributed by atoms with van der Waals surface area (Å²) in [7, 11) is 0. The van der Waals surface area contributed by atoms with Gasteiger partial charge in [0.1, 0.15) is 0 Å². The molecule has 1 aromatic heterocycles. The highest BCUT2D eigenvalue weighted by atomic mass is 19.4. The van der Waals surface area contributed by atoms with E-state index >= 15 is 0 Å². The number of aliphatic hydroxyl groups excluding tert-OH is 1. The molecule has 2 aromatic rings. The first kappa shape index (κ1) is 23.4. The van der Waals surface area contributed by atoms with Gasteiger partial charge in [0, 0.05) is 11.8 Å². The van der Waals surface area contributed by atoms with E-state index in [1.54, 1.807) is 0 Å². The summed E-state index contributed by atoms with van der Waals surface area (Å²) < 4.78 is 41.2. The minimum atomic E-state index is -4.51. The second-order valence-corrected chi connectivity index (χ2v) is 8.25. The van der Waals surface area contributed by atoms with Gasteiger partial charge in [0.05, 0.1) is 17.9 Å². The summed E-state index contributed by atoms with van der Waals surface area (Å²) in [5.74, 6) is -0.291. The van der Waals surface area contributed by atoms with Crippen LogP contribution in [-0.4, -0.2) is 10.1 Å². The molecule has 1 N–H and O–H groups in total. The fraction of sp³-hybridized carbons (Fsp3) is 0.542. The number of nitrogens with zero attached hydrogens (tertiary/aromatic N) is 1. The van der Waals surface area contributed by atoms with Crippen molar-refractivity contribution < 1.29 is 18.3 Å². The molecule has 29 heavy (non-hydrogen) atoms. The zero-order valence-electron chi connectivity index (χ0n) is 18.0. The smallest absolute Gasteiger partial charge is 0.392 e. The summed E-state index contributed by atoms with van der Waals surface area (Å²) in [6.07, 6.45) is 1.67. The van der Waals surface area contributed by atoms with E-state index in [-0.39, 0.29) is 17.4 Å². The molecule has 0 saturated carbocycles. The highest BCUT2D eigenvalue weighted by Crippen LogP contribution is 2.44. The molecular weight excluding hydrogens is 375 g/mol. The summed E-state index contributed by atoms with van der Waals surface area (Å²) in [4.78, 5) is 4.62. The Bertz CT molecular complexity index is 808. The maximum atomic E-state index is 13.7. The van der Waals surface area contributed by atoms with Crippen molar-refractivity contribution in [1.29, 1.82) is 0 Å². The van der Waals surface area contributed by atoms with Crippen molar-refractivity contribution in [3.8, 4) is 11.3 Å². The number of hydrogen-bond acceptors (Lipinski definition) is 2. The van der Waals surface area contributed by atoms with Crippen LogP contribution in [0.1, 0.15) is 93.5 Å². The van der Waals surface area contributed by atoms with E-state index in [1.807, 2.05) is 46.0 Å². The van der Waals surface area contributed by atoms with E-state index in [0.29, 0.717) is 16.8 Å². The Kier molecular flexibility index (Phi) is 7.87. The van der Waals surface area contributed by atoms with Crippen molar-refractivity contribution in [3.05, 3.63) is 52.2 Å². The van der Waals surface area contributed by atoms with Gasteiger partial charge in [-0.25, -0.2) is 0 Å². The lowest BCUT2D eigenvalue weighted by Crippen LogP contribution is -2.16. The first-order chi connectivity index (χ1) is 13.6. The molecule has 0 radical (unpaired) electrons. The Morgan fingerprint density at radius 1 is 1.03 bits per heavy atom. The third kappa shape index (κ3) is 5.39. The average Bonchev–Trinajstić information content (AvgIpc) is 2.66. The fourth-order valence-electron chi connectivity index (χ4n) is 3.87. The van der Waals surface area contributed by atoms with E-state index in [0.717, 1.165) is 36.8 Å². The van der Waals surface area contributed by atoms with Gasteiger partial charge in [0.2, 0.25) is 0 Å². The van der Waals surface area contributed by atoms with E-state index in [1.165, 1.54) is 6.07 Å². The summed E-state index contributed by atoms with van der Waals surface area (Å²) in [6.45, 7) is 9.01. The molecule has 5 heteroatoms. The number of unbranched alkanes of at least 4 members (excludes halogenated alkanes) is 2. The molecule has 0 unspecified atom stereocenters. The van der Waals surface area contributed by atoms with Gasteiger partial charge in [0.25, 0.3) is 0 Å². The summed E-state index contributed by atoms with van der Waals surface area (Å²) in [5.41, 5.74) is 2.90. The number of aromatic nitrogens is 1. The third-order valence-corrected chi connectivity index (χ3v) is 5.32. The van der Waals surface area contributed by atoms with Gasteiger partial charge in [-0.2, -0.15) is 13.2 Å². The number of aliphatic hydroxyl groups is 1. The molecule has 0 aliphatic rings. The van der Waals surface area contributed by atoms with E-state index < -0.39 is 18.3 Å². The molecular formula is C24H32F3NO. The topological polar surface area (TPSA) is 33.1 Å². The molecule has 0 spiro atoms. The number of halogens is 3. The Hall–Kier alpha value is -1.88. The van der Waals surface area contributed by atoms with Crippen LogP contribution < -0.4 is 0 Å². The van der Waals surface area contributed by atoms with Gasteiger partial charge in [-0.3, -0.25) is 4.98 Å². The molecule has 1 aromatic carbocycles. The molecule has 0 aliphatic heterocycles. The van der Waals surface area contributed by atoms with E-state index in [4.69, 9.17) is 0 Å². The van der Waals surface area contributed by atoms with Crippen molar-refractivity contribution in [1.82, 2.24) is 4.98 Å². The maximum Gasteiger partial charge on any atom is 0.416 e. The van der Waals surface area contributed by atoms with Crippen molar-refractivity contribution in [2.45, 2.75) is 84.9 Å². The van der Waals surface area contributed by atoms with Gasteiger partial charge >= 0.3 is 6.18 Å². The van der Waals surface area contributed by atoms with Crippen molar-refractivity contribution in [2.24, 2.45) is 0 Å². The molecule has 0 atom stereocenters. The highest BCUT2D eigenvalue weighted by Gasteiger charge is 2.37. The number of alkyl halides is 3. The van der Waals surface area contributed by atoms with E-state index in [9.17, 15) is 18.3 Å². The lowest BCUT2D eigenvalue weighted by Gasteiger charge is -2.26. The summed E-state index contributed by atoms with van der Waals surface area (Å²) in [6, 6.07) is 5.12. The standard InChI is InChI=1S/C24H32F3NO/c1-6-7-8-9-17-10-11-21(28-13-17)23-18(15(2)3)12-20(24(25,26)27)19(14-29)22(23)16(4)5/h10-13,15-16,29H,6-9,14H2,1-5H3. The van der Waals surface area contributed by atoms with Gasteiger partial charge < -0.3 is 5.11 Å². The predicted octanol–water partition coefficient (Wildman–Crippen LogP) is 7.24. The van der Waals surface area contributed by atoms with Gasteiger partial charge in [0.15, 0.2) is 0 Å². The molecule has 2 rings (SSSR count). The molecule has 0 amide bonds. The van der Waals surface area contributed by atoms with Crippen LogP contribution >= 0.6 is 0 Å². The average molecular weight is 408 g/mol. The summed E-state index contributed by atoms with van der Waals surface area (Å²) in [5, 5.41) is 9.86. The number of benzene rings is 1. The zero-order valence-corrected chi connectivity index (χ0v) is 18.0. The Labute approximate surface area is 172 Å². The number of pyridine rings is 1. The molecule has 160 valence electrons. The van der Waals surface area contributed by atoms with Crippen molar-refractivity contribution >= 4 is 0 Å². The molecule has 0 aliphatic carbocycles. The predicted molar refractivity (Wildman–Crippen MR) is 112 cm³/mol. The molecule has 0 saturated heterocycles. The second-order valence-electron chi connectivity index (χ2n) is 8.25. The van der Waals surface area contributed by atoms with Crippen LogP contribution in [0.25, 0.3) is 11.3 Å². The van der Waals surface area contributed by atoms with Crippen molar-refractivity contribution in [3.63, 3.8) is 0 Å². The minimum Gasteiger partial charge on any atom is -0.392 e. The van der Waals surface area contributed by atoms with Crippen LogP contribution in [0.5, 0.6) is 0 Å². The van der Waals surface area contributed by atoms with Gasteiger partial charge in [-0.1, -0.05) is 53.5 Å². The third-order valence-electron chi connectivity index (χ3n) is 5.32. The van der Waals surface area contributed by atoms with Gasteiger partial charge in [-0.15, -0.1) is 0 Å². The quantitative estimate of drug-likeness (QED) is 0.468. The SMILES string of the molecule is CCCCCc1ccc(-c2c(C(C)C)cc(C(F)(F)F)c(CO)c2C(C)C)nc1.